The van der Waals surface area contributed by atoms with E-state index in [1.54, 1.807) is 12.1 Å². The smallest absolute Gasteiger partial charge is 0.165 e. The zero-order valence-corrected chi connectivity index (χ0v) is 9.63. The molecular formula is C13H15ClO. The zero-order chi connectivity index (χ0) is 10.8. The van der Waals surface area contributed by atoms with Gasteiger partial charge in [-0.2, -0.15) is 0 Å². The van der Waals surface area contributed by atoms with Crippen LogP contribution < -0.4 is 0 Å². The monoisotopic (exact) mass is 222 g/mol. The van der Waals surface area contributed by atoms with E-state index in [4.69, 9.17) is 11.6 Å². The molecule has 0 heterocycles. The zero-order valence-electron chi connectivity index (χ0n) is 8.87. The Hall–Kier alpha value is -0.820. The number of carbonyl (C=O) groups excluding carboxylic acids is 1. The van der Waals surface area contributed by atoms with E-state index in [-0.39, 0.29) is 11.7 Å². The number of halogens is 1. The first-order valence-electron chi connectivity index (χ1n) is 5.46. The van der Waals surface area contributed by atoms with Crippen LogP contribution >= 0.6 is 11.6 Å². The van der Waals surface area contributed by atoms with E-state index in [0.29, 0.717) is 5.02 Å². The van der Waals surface area contributed by atoms with Crippen LogP contribution in [0.3, 0.4) is 0 Å². The summed E-state index contributed by atoms with van der Waals surface area (Å²) in [6, 6.07) is 7.23. The van der Waals surface area contributed by atoms with Gasteiger partial charge in [0, 0.05) is 16.5 Å². The average molecular weight is 223 g/mol. The largest absolute Gasteiger partial charge is 0.294 e. The minimum absolute atomic E-state index is 0.135. The van der Waals surface area contributed by atoms with Crippen molar-refractivity contribution in [2.45, 2.75) is 26.2 Å². The van der Waals surface area contributed by atoms with Crippen LogP contribution in [-0.4, -0.2) is 5.78 Å². The summed E-state index contributed by atoms with van der Waals surface area (Å²) in [6.45, 7) is 2.02. The van der Waals surface area contributed by atoms with Crippen molar-refractivity contribution in [3.05, 3.63) is 34.9 Å². The van der Waals surface area contributed by atoms with Gasteiger partial charge in [-0.05, 0) is 24.5 Å². The topological polar surface area (TPSA) is 17.1 Å². The highest BCUT2D eigenvalue weighted by Crippen LogP contribution is 2.36. The molecular weight excluding hydrogens is 208 g/mol. The third-order valence-electron chi connectivity index (χ3n) is 2.94. The van der Waals surface area contributed by atoms with Crippen molar-refractivity contribution in [3.63, 3.8) is 0 Å². The van der Waals surface area contributed by atoms with Gasteiger partial charge in [0.2, 0.25) is 0 Å². The summed E-state index contributed by atoms with van der Waals surface area (Å²) < 4.78 is 0. The summed E-state index contributed by atoms with van der Waals surface area (Å²) in [6.07, 6.45) is 3.63. The van der Waals surface area contributed by atoms with Crippen LogP contribution in [0.1, 0.15) is 36.5 Å². The number of carbonyl (C=O) groups is 1. The maximum atomic E-state index is 12.0. The van der Waals surface area contributed by atoms with Crippen molar-refractivity contribution in [2.75, 3.05) is 0 Å². The SMILES string of the molecule is CC(CC1CC1)C(=O)c1cccc(Cl)c1. The molecule has 0 aromatic heterocycles. The van der Waals surface area contributed by atoms with Crippen molar-refractivity contribution >= 4 is 17.4 Å². The minimum atomic E-state index is 0.135. The number of benzene rings is 1. The second-order valence-corrected chi connectivity index (χ2v) is 4.89. The molecule has 1 aromatic rings. The Labute approximate surface area is 95.4 Å². The fourth-order valence-electron chi connectivity index (χ4n) is 1.89. The molecule has 2 heteroatoms. The molecule has 1 nitrogen and oxygen atoms in total. The third-order valence-corrected chi connectivity index (χ3v) is 3.18. The van der Waals surface area contributed by atoms with Gasteiger partial charge in [-0.25, -0.2) is 0 Å². The van der Waals surface area contributed by atoms with Gasteiger partial charge in [-0.1, -0.05) is 43.5 Å². The van der Waals surface area contributed by atoms with Crippen molar-refractivity contribution in [1.29, 1.82) is 0 Å². The van der Waals surface area contributed by atoms with E-state index in [9.17, 15) is 4.79 Å². The highest BCUT2D eigenvalue weighted by molar-refractivity contribution is 6.31. The molecule has 0 saturated heterocycles. The Morgan fingerprint density at radius 3 is 2.87 bits per heavy atom. The molecule has 15 heavy (non-hydrogen) atoms. The van der Waals surface area contributed by atoms with Crippen LogP contribution in [0.25, 0.3) is 0 Å². The lowest BCUT2D eigenvalue weighted by molar-refractivity contribution is 0.0920. The second-order valence-electron chi connectivity index (χ2n) is 4.45. The Balaban J connectivity index is 2.05. The van der Waals surface area contributed by atoms with Gasteiger partial charge in [0.1, 0.15) is 0 Å². The lowest BCUT2D eigenvalue weighted by atomic mass is 9.94. The first-order chi connectivity index (χ1) is 7.16. The van der Waals surface area contributed by atoms with Crippen molar-refractivity contribution in [2.24, 2.45) is 11.8 Å². The molecule has 0 N–H and O–H groups in total. The van der Waals surface area contributed by atoms with Crippen LogP contribution in [0.5, 0.6) is 0 Å². The number of rotatable bonds is 4. The molecule has 1 fully saturated rings. The number of Topliss-reactive ketones (excluding diaryl/α,β-unsaturated/α-hetero) is 1. The van der Waals surface area contributed by atoms with Gasteiger partial charge in [0.05, 0.1) is 0 Å². The van der Waals surface area contributed by atoms with E-state index in [1.807, 2.05) is 19.1 Å². The molecule has 1 saturated carbocycles. The van der Waals surface area contributed by atoms with E-state index < -0.39 is 0 Å². The maximum absolute atomic E-state index is 12.0. The standard InChI is InChI=1S/C13H15ClO/c1-9(7-10-5-6-10)13(15)11-3-2-4-12(14)8-11/h2-4,8-10H,5-7H2,1H3. The molecule has 0 amide bonds. The second kappa shape index (κ2) is 4.36. The van der Waals surface area contributed by atoms with Crippen LogP contribution in [0, 0.1) is 11.8 Å². The summed E-state index contributed by atoms with van der Waals surface area (Å²) >= 11 is 5.86. The fourth-order valence-corrected chi connectivity index (χ4v) is 2.08. The van der Waals surface area contributed by atoms with Gasteiger partial charge in [-0.15, -0.1) is 0 Å². The number of hydrogen-bond donors (Lipinski definition) is 0. The van der Waals surface area contributed by atoms with E-state index in [0.717, 1.165) is 17.9 Å². The minimum Gasteiger partial charge on any atom is -0.294 e. The van der Waals surface area contributed by atoms with Crippen molar-refractivity contribution in [3.8, 4) is 0 Å². The van der Waals surface area contributed by atoms with Gasteiger partial charge in [0.25, 0.3) is 0 Å². The third kappa shape index (κ3) is 2.82. The normalized spacial score (nSPS) is 17.5. The lowest BCUT2D eigenvalue weighted by Gasteiger charge is -2.09. The first kappa shape index (κ1) is 10.7. The Bertz CT molecular complexity index is 369. The molecule has 0 spiro atoms. The van der Waals surface area contributed by atoms with E-state index >= 15 is 0 Å². The summed E-state index contributed by atoms with van der Waals surface area (Å²) in [5, 5.41) is 0.638. The highest BCUT2D eigenvalue weighted by atomic mass is 35.5. The Kier molecular flexibility index (Phi) is 3.11. The number of hydrogen-bond acceptors (Lipinski definition) is 1. The van der Waals surface area contributed by atoms with Gasteiger partial charge in [0.15, 0.2) is 5.78 Å². The van der Waals surface area contributed by atoms with Gasteiger partial charge in [-0.3, -0.25) is 4.79 Å². The molecule has 0 bridgehead atoms. The van der Waals surface area contributed by atoms with E-state index in [1.165, 1.54) is 12.8 Å². The van der Waals surface area contributed by atoms with Crippen LogP contribution in [0.4, 0.5) is 0 Å². The fraction of sp³-hybridized carbons (Fsp3) is 0.462. The molecule has 1 atom stereocenters. The quantitative estimate of drug-likeness (QED) is 0.705. The predicted octanol–water partition coefficient (Wildman–Crippen LogP) is 3.96. The Morgan fingerprint density at radius 2 is 2.27 bits per heavy atom. The maximum Gasteiger partial charge on any atom is 0.165 e. The summed E-state index contributed by atoms with van der Waals surface area (Å²) in [7, 11) is 0. The molecule has 1 aromatic carbocycles. The van der Waals surface area contributed by atoms with Gasteiger partial charge >= 0.3 is 0 Å². The summed E-state index contributed by atoms with van der Waals surface area (Å²) in [5.41, 5.74) is 0.746. The molecule has 1 unspecified atom stereocenters. The van der Waals surface area contributed by atoms with Crippen molar-refractivity contribution in [1.82, 2.24) is 0 Å². The van der Waals surface area contributed by atoms with Crippen LogP contribution in [-0.2, 0) is 0 Å². The number of ketones is 1. The molecule has 0 radical (unpaired) electrons. The molecule has 2 rings (SSSR count). The first-order valence-corrected chi connectivity index (χ1v) is 5.84. The molecule has 80 valence electrons. The van der Waals surface area contributed by atoms with Gasteiger partial charge < -0.3 is 0 Å². The molecule has 0 aliphatic heterocycles. The van der Waals surface area contributed by atoms with E-state index in [2.05, 4.69) is 0 Å². The predicted molar refractivity (Wildman–Crippen MR) is 62.3 cm³/mol. The van der Waals surface area contributed by atoms with Crippen molar-refractivity contribution < 1.29 is 4.79 Å². The van der Waals surface area contributed by atoms with Crippen LogP contribution in [0.15, 0.2) is 24.3 Å². The average Bonchev–Trinajstić information content (AvgIpc) is 3.00. The lowest BCUT2D eigenvalue weighted by Crippen LogP contribution is -2.11. The van der Waals surface area contributed by atoms with Crippen LogP contribution in [0.2, 0.25) is 5.02 Å². The molecule has 1 aliphatic carbocycles. The molecule has 1 aliphatic rings. The highest BCUT2D eigenvalue weighted by Gasteiger charge is 2.26. The summed E-state index contributed by atoms with van der Waals surface area (Å²) in [5.74, 6) is 1.16. The Morgan fingerprint density at radius 1 is 1.53 bits per heavy atom. The summed E-state index contributed by atoms with van der Waals surface area (Å²) in [4.78, 5) is 12.0.